The van der Waals surface area contributed by atoms with Crippen molar-refractivity contribution in [3.8, 4) is 0 Å². The Bertz CT molecular complexity index is 562. The molecular weight excluding hydrogens is 336 g/mol. The van der Waals surface area contributed by atoms with Gasteiger partial charge in [-0.25, -0.2) is 9.59 Å². The van der Waals surface area contributed by atoms with E-state index in [1.165, 1.54) is 12.8 Å². The molecule has 3 amide bonds. The standard InChI is InChI=1S/C18H30N4O4/c1-18(2,3)26-17(24)20-9-8-19-16(23)21-13-14(15-7-6-12-25-15)22-10-4-5-11-22/h6-7,12,14H,4-5,8-11,13H2,1-3H3,(H,20,24)(H2,19,21,23)/t14-/m1/s1. The molecule has 1 aliphatic heterocycles. The number of carbonyl (C=O) groups excluding carboxylic acids is 2. The molecule has 0 spiro atoms. The Hall–Kier alpha value is -2.22. The first-order valence-corrected chi connectivity index (χ1v) is 9.11. The van der Waals surface area contributed by atoms with Crippen LogP contribution in [-0.4, -0.2) is 55.3 Å². The van der Waals surface area contributed by atoms with E-state index in [9.17, 15) is 9.59 Å². The highest BCUT2D eigenvalue weighted by Crippen LogP contribution is 2.24. The molecular formula is C18H30N4O4. The molecule has 146 valence electrons. The van der Waals surface area contributed by atoms with E-state index in [-0.39, 0.29) is 12.1 Å². The lowest BCUT2D eigenvalue weighted by Gasteiger charge is -2.26. The lowest BCUT2D eigenvalue weighted by atomic mass is 10.2. The molecule has 8 heteroatoms. The van der Waals surface area contributed by atoms with Crippen molar-refractivity contribution in [2.75, 3.05) is 32.7 Å². The Morgan fingerprint density at radius 1 is 1.19 bits per heavy atom. The number of hydrogen-bond acceptors (Lipinski definition) is 5. The zero-order chi connectivity index (χ0) is 19.0. The van der Waals surface area contributed by atoms with E-state index in [1.54, 1.807) is 27.0 Å². The van der Waals surface area contributed by atoms with Crippen LogP contribution < -0.4 is 16.0 Å². The molecule has 1 fully saturated rings. The number of ether oxygens (including phenoxy) is 1. The van der Waals surface area contributed by atoms with Crippen LogP contribution in [0.1, 0.15) is 45.4 Å². The number of alkyl carbamates (subject to hydrolysis) is 1. The Balaban J connectivity index is 1.67. The number of nitrogens with zero attached hydrogens (tertiary/aromatic N) is 1. The predicted octanol–water partition coefficient (Wildman–Crippen LogP) is 2.24. The monoisotopic (exact) mass is 366 g/mol. The number of carbonyl (C=O) groups is 2. The van der Waals surface area contributed by atoms with Gasteiger partial charge in [0.05, 0.1) is 12.3 Å². The Morgan fingerprint density at radius 3 is 2.50 bits per heavy atom. The zero-order valence-corrected chi connectivity index (χ0v) is 15.8. The van der Waals surface area contributed by atoms with Gasteiger partial charge >= 0.3 is 12.1 Å². The summed E-state index contributed by atoms with van der Waals surface area (Å²) in [6.45, 7) is 8.51. The molecule has 0 unspecified atom stereocenters. The van der Waals surface area contributed by atoms with E-state index in [2.05, 4.69) is 20.9 Å². The highest BCUT2D eigenvalue weighted by Gasteiger charge is 2.25. The second-order valence-corrected chi connectivity index (χ2v) is 7.34. The summed E-state index contributed by atoms with van der Waals surface area (Å²) < 4.78 is 10.7. The smallest absolute Gasteiger partial charge is 0.407 e. The summed E-state index contributed by atoms with van der Waals surface area (Å²) in [4.78, 5) is 25.8. The van der Waals surface area contributed by atoms with Gasteiger partial charge in [0.25, 0.3) is 0 Å². The Kier molecular flexibility index (Phi) is 7.32. The van der Waals surface area contributed by atoms with Crippen LogP contribution in [0.2, 0.25) is 0 Å². The van der Waals surface area contributed by atoms with Gasteiger partial charge in [-0.05, 0) is 58.8 Å². The van der Waals surface area contributed by atoms with Crippen molar-refractivity contribution in [3.63, 3.8) is 0 Å². The van der Waals surface area contributed by atoms with Crippen LogP contribution in [0.3, 0.4) is 0 Å². The third-order valence-corrected chi connectivity index (χ3v) is 3.99. The first-order valence-electron chi connectivity index (χ1n) is 9.11. The van der Waals surface area contributed by atoms with Crippen molar-refractivity contribution in [3.05, 3.63) is 24.2 Å². The number of furan rings is 1. The topological polar surface area (TPSA) is 95.8 Å². The highest BCUT2D eigenvalue weighted by atomic mass is 16.6. The zero-order valence-electron chi connectivity index (χ0n) is 15.8. The molecule has 26 heavy (non-hydrogen) atoms. The van der Waals surface area contributed by atoms with Crippen molar-refractivity contribution < 1.29 is 18.7 Å². The molecule has 1 atom stereocenters. The minimum atomic E-state index is -0.536. The van der Waals surface area contributed by atoms with Gasteiger partial charge in [-0.3, -0.25) is 4.90 Å². The summed E-state index contributed by atoms with van der Waals surface area (Å²) >= 11 is 0. The summed E-state index contributed by atoms with van der Waals surface area (Å²) in [7, 11) is 0. The van der Waals surface area contributed by atoms with Crippen LogP contribution in [0.15, 0.2) is 22.8 Å². The number of amides is 3. The summed E-state index contributed by atoms with van der Waals surface area (Å²) in [6.07, 6.45) is 3.49. The SMILES string of the molecule is CC(C)(C)OC(=O)NCCNC(=O)NC[C@H](c1ccco1)N1CCCC1. The van der Waals surface area contributed by atoms with E-state index in [1.807, 2.05) is 12.1 Å². The van der Waals surface area contributed by atoms with Gasteiger partial charge in [0.2, 0.25) is 0 Å². The second-order valence-electron chi connectivity index (χ2n) is 7.34. The van der Waals surface area contributed by atoms with Crippen LogP contribution in [0.25, 0.3) is 0 Å². The van der Waals surface area contributed by atoms with Gasteiger partial charge in [0.1, 0.15) is 11.4 Å². The number of rotatable bonds is 7. The van der Waals surface area contributed by atoms with Gasteiger partial charge in [0.15, 0.2) is 0 Å². The quantitative estimate of drug-likeness (QED) is 0.643. The average Bonchev–Trinajstić information content (AvgIpc) is 3.24. The summed E-state index contributed by atoms with van der Waals surface area (Å²) in [5.74, 6) is 0.860. The maximum absolute atomic E-state index is 12.0. The normalized spacial score (nSPS) is 16.1. The molecule has 0 radical (unpaired) electrons. The van der Waals surface area contributed by atoms with E-state index in [0.717, 1.165) is 18.8 Å². The number of hydrogen-bond donors (Lipinski definition) is 3. The van der Waals surface area contributed by atoms with Crippen molar-refractivity contribution in [2.24, 2.45) is 0 Å². The molecule has 8 nitrogen and oxygen atoms in total. The van der Waals surface area contributed by atoms with Crippen LogP contribution in [0.4, 0.5) is 9.59 Å². The molecule has 0 aliphatic carbocycles. The van der Waals surface area contributed by atoms with Gasteiger partial charge in [0, 0.05) is 19.6 Å². The third-order valence-electron chi connectivity index (χ3n) is 3.99. The molecule has 0 bridgehead atoms. The van der Waals surface area contributed by atoms with E-state index in [4.69, 9.17) is 9.15 Å². The van der Waals surface area contributed by atoms with Gasteiger partial charge in [-0.2, -0.15) is 0 Å². The fourth-order valence-corrected chi connectivity index (χ4v) is 2.85. The minimum Gasteiger partial charge on any atom is -0.468 e. The molecule has 2 heterocycles. The molecule has 1 aromatic rings. The van der Waals surface area contributed by atoms with Gasteiger partial charge in [-0.15, -0.1) is 0 Å². The minimum absolute atomic E-state index is 0.0399. The molecule has 0 aromatic carbocycles. The van der Waals surface area contributed by atoms with Crippen molar-refractivity contribution in [2.45, 2.75) is 45.3 Å². The van der Waals surface area contributed by atoms with Crippen LogP contribution >= 0.6 is 0 Å². The van der Waals surface area contributed by atoms with Crippen molar-refractivity contribution in [1.29, 1.82) is 0 Å². The second kappa shape index (κ2) is 9.47. The number of urea groups is 1. The molecule has 2 rings (SSSR count). The third kappa shape index (κ3) is 6.95. The first-order chi connectivity index (χ1) is 12.3. The molecule has 1 aromatic heterocycles. The van der Waals surface area contributed by atoms with Gasteiger partial charge in [-0.1, -0.05) is 0 Å². The number of likely N-dealkylation sites (tertiary alicyclic amines) is 1. The molecule has 1 aliphatic rings. The van der Waals surface area contributed by atoms with Crippen molar-refractivity contribution >= 4 is 12.1 Å². The largest absolute Gasteiger partial charge is 0.468 e. The average molecular weight is 366 g/mol. The van der Waals surface area contributed by atoms with Gasteiger partial charge < -0.3 is 25.1 Å². The van der Waals surface area contributed by atoms with Crippen LogP contribution in [-0.2, 0) is 4.74 Å². The first kappa shape index (κ1) is 20.1. The van der Waals surface area contributed by atoms with E-state index < -0.39 is 11.7 Å². The summed E-state index contributed by atoms with van der Waals surface area (Å²) in [5.41, 5.74) is -0.536. The molecule has 3 N–H and O–H groups in total. The van der Waals surface area contributed by atoms with E-state index in [0.29, 0.717) is 19.6 Å². The Labute approximate surface area is 154 Å². The highest BCUT2D eigenvalue weighted by molar-refractivity contribution is 5.74. The fourth-order valence-electron chi connectivity index (χ4n) is 2.85. The lowest BCUT2D eigenvalue weighted by Crippen LogP contribution is -2.44. The van der Waals surface area contributed by atoms with Crippen LogP contribution in [0.5, 0.6) is 0 Å². The maximum Gasteiger partial charge on any atom is 0.407 e. The van der Waals surface area contributed by atoms with E-state index >= 15 is 0 Å². The molecule has 1 saturated heterocycles. The summed E-state index contributed by atoms with van der Waals surface area (Å²) in [6, 6.07) is 3.57. The Morgan fingerprint density at radius 2 is 1.88 bits per heavy atom. The number of nitrogens with one attached hydrogen (secondary N) is 3. The summed E-state index contributed by atoms with van der Waals surface area (Å²) in [5, 5.41) is 8.20. The fraction of sp³-hybridized carbons (Fsp3) is 0.667. The maximum atomic E-state index is 12.0. The van der Waals surface area contributed by atoms with Crippen LogP contribution in [0, 0.1) is 0 Å². The van der Waals surface area contributed by atoms with Crippen molar-refractivity contribution in [1.82, 2.24) is 20.9 Å². The molecule has 0 saturated carbocycles. The lowest BCUT2D eigenvalue weighted by molar-refractivity contribution is 0.0528. The predicted molar refractivity (Wildman–Crippen MR) is 97.9 cm³/mol.